The van der Waals surface area contributed by atoms with Gasteiger partial charge in [0.2, 0.25) is 5.91 Å². The molecule has 1 aromatic rings. The molecule has 114 valence electrons. The molecule has 1 amide bonds. The number of carbonyl (C=O) groups is 2. The Morgan fingerprint density at radius 2 is 2.29 bits per heavy atom. The number of ether oxygens (including phenoxy) is 1. The molecular formula is C15H18BrNO4. The van der Waals surface area contributed by atoms with Crippen LogP contribution in [0, 0.1) is 5.92 Å². The van der Waals surface area contributed by atoms with E-state index in [1.165, 1.54) is 0 Å². The van der Waals surface area contributed by atoms with Gasteiger partial charge in [0.25, 0.3) is 0 Å². The molecule has 2 atom stereocenters. The van der Waals surface area contributed by atoms with Crippen LogP contribution in [0.3, 0.4) is 0 Å². The van der Waals surface area contributed by atoms with Gasteiger partial charge < -0.3 is 15.2 Å². The summed E-state index contributed by atoms with van der Waals surface area (Å²) in [6.45, 7) is 1.10. The zero-order chi connectivity index (χ0) is 15.2. The maximum absolute atomic E-state index is 12.3. The second kappa shape index (κ2) is 7.56. The predicted octanol–water partition coefficient (Wildman–Crippen LogP) is 2.51. The van der Waals surface area contributed by atoms with Gasteiger partial charge >= 0.3 is 5.97 Å². The lowest BCUT2D eigenvalue weighted by Crippen LogP contribution is -2.38. The molecular weight excluding hydrogens is 338 g/mol. The van der Waals surface area contributed by atoms with Crippen molar-refractivity contribution in [1.82, 2.24) is 5.32 Å². The Morgan fingerprint density at radius 1 is 1.48 bits per heavy atom. The van der Waals surface area contributed by atoms with E-state index < -0.39 is 12.0 Å². The van der Waals surface area contributed by atoms with E-state index >= 15 is 0 Å². The minimum absolute atomic E-state index is 0.138. The fraction of sp³-hybridized carbons (Fsp3) is 0.467. The fourth-order valence-corrected chi connectivity index (χ4v) is 2.80. The Morgan fingerprint density at radius 3 is 2.90 bits per heavy atom. The lowest BCUT2D eigenvalue weighted by atomic mass is 9.98. The van der Waals surface area contributed by atoms with Crippen molar-refractivity contribution in [2.24, 2.45) is 5.92 Å². The van der Waals surface area contributed by atoms with Crippen LogP contribution < -0.4 is 5.32 Å². The summed E-state index contributed by atoms with van der Waals surface area (Å²) in [5, 5.41) is 11.9. The first-order valence-corrected chi connectivity index (χ1v) is 7.71. The third kappa shape index (κ3) is 4.82. The molecule has 0 radical (unpaired) electrons. The Hall–Kier alpha value is -1.40. The van der Waals surface area contributed by atoms with Crippen LogP contribution in [0.5, 0.6) is 0 Å². The number of hydrogen-bond donors (Lipinski definition) is 2. The first kappa shape index (κ1) is 16.0. The average molecular weight is 356 g/mol. The number of benzene rings is 1. The molecule has 0 spiro atoms. The van der Waals surface area contributed by atoms with Gasteiger partial charge in [-0.25, -0.2) is 0 Å². The van der Waals surface area contributed by atoms with Gasteiger partial charge in [-0.1, -0.05) is 28.1 Å². The number of halogens is 1. The zero-order valence-corrected chi connectivity index (χ0v) is 13.1. The van der Waals surface area contributed by atoms with Crippen LogP contribution in [0.25, 0.3) is 0 Å². The van der Waals surface area contributed by atoms with Gasteiger partial charge in [-0.2, -0.15) is 0 Å². The van der Waals surface area contributed by atoms with Gasteiger partial charge in [-0.05, 0) is 30.5 Å². The highest BCUT2D eigenvalue weighted by molar-refractivity contribution is 9.10. The number of aliphatic carboxylic acids is 1. The molecule has 6 heteroatoms. The molecule has 0 unspecified atom stereocenters. The molecule has 2 rings (SSSR count). The summed E-state index contributed by atoms with van der Waals surface area (Å²) in [4.78, 5) is 23.3. The van der Waals surface area contributed by atoms with Gasteiger partial charge in [-0.3, -0.25) is 9.59 Å². The highest BCUT2D eigenvalue weighted by atomic mass is 79.9. The predicted molar refractivity (Wildman–Crippen MR) is 80.8 cm³/mol. The average Bonchev–Trinajstić information content (AvgIpc) is 2.47. The van der Waals surface area contributed by atoms with Crippen LogP contribution in [-0.4, -0.2) is 30.2 Å². The van der Waals surface area contributed by atoms with Crippen molar-refractivity contribution < 1.29 is 19.4 Å². The Balaban J connectivity index is 2.08. The van der Waals surface area contributed by atoms with E-state index in [4.69, 9.17) is 9.84 Å². The van der Waals surface area contributed by atoms with Crippen molar-refractivity contribution >= 4 is 27.8 Å². The Kier molecular flexibility index (Phi) is 5.76. The van der Waals surface area contributed by atoms with Crippen LogP contribution in [0.2, 0.25) is 0 Å². The van der Waals surface area contributed by atoms with Gasteiger partial charge in [0.1, 0.15) is 0 Å². The smallest absolute Gasteiger partial charge is 0.305 e. The number of nitrogens with one attached hydrogen (secondary N) is 1. The fourth-order valence-electron chi connectivity index (χ4n) is 2.39. The van der Waals surface area contributed by atoms with Crippen LogP contribution in [0.4, 0.5) is 0 Å². The van der Waals surface area contributed by atoms with Crippen LogP contribution in [-0.2, 0) is 14.3 Å². The van der Waals surface area contributed by atoms with E-state index in [0.29, 0.717) is 13.2 Å². The van der Waals surface area contributed by atoms with Crippen molar-refractivity contribution in [3.63, 3.8) is 0 Å². The summed E-state index contributed by atoms with van der Waals surface area (Å²) < 4.78 is 6.16. The molecule has 0 aromatic heterocycles. The van der Waals surface area contributed by atoms with Crippen LogP contribution in [0.15, 0.2) is 28.7 Å². The second-order valence-electron chi connectivity index (χ2n) is 5.13. The van der Waals surface area contributed by atoms with Crippen molar-refractivity contribution in [3.05, 3.63) is 34.3 Å². The van der Waals surface area contributed by atoms with E-state index in [1.54, 1.807) is 0 Å². The topological polar surface area (TPSA) is 75.6 Å². The van der Waals surface area contributed by atoms with E-state index in [-0.39, 0.29) is 18.2 Å². The van der Waals surface area contributed by atoms with Gasteiger partial charge in [0.05, 0.1) is 25.0 Å². The highest BCUT2D eigenvalue weighted by Gasteiger charge is 2.25. The number of carboxylic acids is 1. The third-order valence-electron chi connectivity index (χ3n) is 3.48. The summed E-state index contributed by atoms with van der Waals surface area (Å²) in [7, 11) is 0. The van der Waals surface area contributed by atoms with Crippen molar-refractivity contribution in [2.75, 3.05) is 13.2 Å². The molecule has 1 aromatic carbocycles. The standard InChI is InChI=1S/C15H18BrNO4/c16-12-5-1-3-10(7-12)13(8-14(18)19)17-15(20)11-4-2-6-21-9-11/h1,3,5,7,11,13H,2,4,6,8-9H2,(H,17,20)(H,18,19)/t11-,13-/m0/s1. The van der Waals surface area contributed by atoms with Crippen molar-refractivity contribution in [2.45, 2.75) is 25.3 Å². The number of rotatable bonds is 5. The molecule has 0 aliphatic carbocycles. The normalized spacial score (nSPS) is 19.8. The molecule has 0 bridgehead atoms. The van der Waals surface area contributed by atoms with E-state index in [1.807, 2.05) is 24.3 Å². The second-order valence-corrected chi connectivity index (χ2v) is 6.04. The van der Waals surface area contributed by atoms with Crippen LogP contribution in [0.1, 0.15) is 30.9 Å². The molecule has 2 N–H and O–H groups in total. The molecule has 1 saturated heterocycles. The number of amides is 1. The lowest BCUT2D eigenvalue weighted by Gasteiger charge is -2.24. The summed E-state index contributed by atoms with van der Waals surface area (Å²) >= 11 is 3.36. The van der Waals surface area contributed by atoms with Crippen molar-refractivity contribution in [1.29, 1.82) is 0 Å². The minimum Gasteiger partial charge on any atom is -0.481 e. The SMILES string of the molecule is O=C(O)C[C@H](NC(=O)[C@H]1CCCOC1)c1cccc(Br)c1. The molecule has 5 nitrogen and oxygen atoms in total. The van der Waals surface area contributed by atoms with Crippen molar-refractivity contribution in [3.8, 4) is 0 Å². The number of carboxylic acid groups (broad SMARTS) is 1. The van der Waals surface area contributed by atoms with E-state index in [9.17, 15) is 9.59 Å². The first-order valence-electron chi connectivity index (χ1n) is 6.91. The Bertz CT molecular complexity index is 514. The monoisotopic (exact) mass is 355 g/mol. The minimum atomic E-state index is -0.944. The van der Waals surface area contributed by atoms with Gasteiger partial charge in [0, 0.05) is 11.1 Å². The summed E-state index contributed by atoms with van der Waals surface area (Å²) in [6.07, 6.45) is 1.50. The maximum Gasteiger partial charge on any atom is 0.305 e. The molecule has 1 aliphatic heterocycles. The largest absolute Gasteiger partial charge is 0.481 e. The van der Waals surface area contributed by atoms with Crippen LogP contribution >= 0.6 is 15.9 Å². The van der Waals surface area contributed by atoms with Gasteiger partial charge in [0.15, 0.2) is 0 Å². The van der Waals surface area contributed by atoms with E-state index in [2.05, 4.69) is 21.2 Å². The molecule has 1 fully saturated rings. The summed E-state index contributed by atoms with van der Waals surface area (Å²) in [6, 6.07) is 6.79. The summed E-state index contributed by atoms with van der Waals surface area (Å²) in [5.74, 6) is -1.27. The summed E-state index contributed by atoms with van der Waals surface area (Å²) in [5.41, 5.74) is 0.775. The maximum atomic E-state index is 12.3. The molecule has 21 heavy (non-hydrogen) atoms. The first-order chi connectivity index (χ1) is 10.1. The molecule has 0 saturated carbocycles. The molecule has 1 aliphatic rings. The quantitative estimate of drug-likeness (QED) is 0.850. The zero-order valence-electron chi connectivity index (χ0n) is 11.5. The number of carbonyl (C=O) groups excluding carboxylic acids is 1. The molecule has 1 heterocycles. The third-order valence-corrected chi connectivity index (χ3v) is 3.97. The Labute approximate surface area is 131 Å². The van der Waals surface area contributed by atoms with E-state index in [0.717, 1.165) is 22.9 Å². The lowest BCUT2D eigenvalue weighted by molar-refractivity contribution is -0.138. The number of hydrogen-bond acceptors (Lipinski definition) is 3. The van der Waals surface area contributed by atoms with Gasteiger partial charge in [-0.15, -0.1) is 0 Å². The highest BCUT2D eigenvalue weighted by Crippen LogP contribution is 2.22.